The predicted molar refractivity (Wildman–Crippen MR) is 66.0 cm³/mol. The Labute approximate surface area is 100 Å². The van der Waals surface area contributed by atoms with Gasteiger partial charge in [0.05, 0.1) is 19.2 Å². The number of amidine groups is 1. The summed E-state index contributed by atoms with van der Waals surface area (Å²) in [5, 5.41) is 14.6. The number of terminal acetylenes is 1. The van der Waals surface area contributed by atoms with Gasteiger partial charge in [0, 0.05) is 6.54 Å². The van der Waals surface area contributed by atoms with Crippen LogP contribution in [0.3, 0.4) is 0 Å². The second-order valence-corrected chi connectivity index (χ2v) is 3.33. The van der Waals surface area contributed by atoms with E-state index >= 15 is 0 Å². The number of hydrogen-bond donors (Lipinski definition) is 3. The minimum atomic E-state index is 0.0185. The maximum atomic E-state index is 8.62. The predicted octanol–water partition coefficient (Wildman–Crippen LogP) is 0.512. The Hall–Kier alpha value is -2.19. The van der Waals surface area contributed by atoms with Crippen molar-refractivity contribution < 1.29 is 9.94 Å². The normalized spacial score (nSPS) is 10.9. The van der Waals surface area contributed by atoms with Crippen molar-refractivity contribution in [2.75, 3.05) is 13.7 Å². The fraction of sp³-hybridized carbons (Fsp3) is 0.250. The van der Waals surface area contributed by atoms with E-state index in [4.69, 9.17) is 22.1 Å². The van der Waals surface area contributed by atoms with E-state index in [2.05, 4.69) is 16.4 Å². The highest BCUT2D eigenvalue weighted by Gasteiger charge is 2.08. The molecular weight excluding hydrogens is 218 g/mol. The van der Waals surface area contributed by atoms with Crippen LogP contribution in [0.5, 0.6) is 5.75 Å². The fourth-order valence-electron chi connectivity index (χ4n) is 1.39. The molecule has 0 amide bonds. The van der Waals surface area contributed by atoms with Gasteiger partial charge in [-0.05, 0) is 17.7 Å². The van der Waals surface area contributed by atoms with Crippen LogP contribution in [0, 0.1) is 12.3 Å². The molecule has 0 atom stereocenters. The number of nitrogens with two attached hydrogens (primary N) is 1. The van der Waals surface area contributed by atoms with Crippen molar-refractivity contribution in [1.29, 1.82) is 0 Å². The van der Waals surface area contributed by atoms with E-state index in [0.717, 1.165) is 5.56 Å². The number of benzene rings is 1. The largest absolute Gasteiger partial charge is 0.496 e. The Morgan fingerprint density at radius 3 is 3.00 bits per heavy atom. The molecule has 90 valence electrons. The zero-order chi connectivity index (χ0) is 12.7. The summed E-state index contributed by atoms with van der Waals surface area (Å²) in [6, 6.07) is 5.41. The third-order valence-corrected chi connectivity index (χ3v) is 2.21. The molecule has 0 aliphatic heterocycles. The van der Waals surface area contributed by atoms with Gasteiger partial charge in [0.1, 0.15) is 5.75 Å². The Morgan fingerprint density at radius 2 is 2.41 bits per heavy atom. The molecule has 0 saturated heterocycles. The SMILES string of the molecule is C#CCNCc1ccc(/C(N)=N/O)c(OC)c1. The molecule has 0 heterocycles. The maximum Gasteiger partial charge on any atom is 0.173 e. The first-order chi connectivity index (χ1) is 8.22. The van der Waals surface area contributed by atoms with Crippen molar-refractivity contribution in [2.45, 2.75) is 6.54 Å². The minimum absolute atomic E-state index is 0.0185. The van der Waals surface area contributed by atoms with Crippen LogP contribution in [-0.2, 0) is 6.54 Å². The molecule has 0 bridgehead atoms. The molecule has 0 saturated carbocycles. The quantitative estimate of drug-likeness (QED) is 0.173. The van der Waals surface area contributed by atoms with E-state index in [0.29, 0.717) is 24.4 Å². The van der Waals surface area contributed by atoms with Crippen LogP contribution in [-0.4, -0.2) is 24.7 Å². The lowest BCUT2D eigenvalue weighted by molar-refractivity contribution is 0.318. The molecule has 0 radical (unpaired) electrons. The van der Waals surface area contributed by atoms with Gasteiger partial charge >= 0.3 is 0 Å². The lowest BCUT2D eigenvalue weighted by Crippen LogP contribution is -2.16. The van der Waals surface area contributed by atoms with Gasteiger partial charge in [-0.3, -0.25) is 0 Å². The second-order valence-electron chi connectivity index (χ2n) is 3.33. The van der Waals surface area contributed by atoms with Crippen molar-refractivity contribution in [3.63, 3.8) is 0 Å². The minimum Gasteiger partial charge on any atom is -0.496 e. The standard InChI is InChI=1S/C12H15N3O2/c1-3-6-14-8-9-4-5-10(12(13)15-16)11(7-9)17-2/h1,4-5,7,14,16H,6,8H2,2H3,(H2,13,15). The summed E-state index contributed by atoms with van der Waals surface area (Å²) >= 11 is 0. The average molecular weight is 233 g/mol. The molecule has 0 aliphatic rings. The highest BCUT2D eigenvalue weighted by Crippen LogP contribution is 2.19. The second kappa shape index (κ2) is 6.40. The van der Waals surface area contributed by atoms with E-state index in [-0.39, 0.29) is 5.84 Å². The van der Waals surface area contributed by atoms with Gasteiger partial charge in [-0.1, -0.05) is 17.1 Å². The molecule has 1 aromatic rings. The number of oxime groups is 1. The van der Waals surface area contributed by atoms with E-state index in [1.807, 2.05) is 12.1 Å². The summed E-state index contributed by atoms with van der Waals surface area (Å²) in [7, 11) is 1.53. The fourth-order valence-corrected chi connectivity index (χ4v) is 1.39. The van der Waals surface area contributed by atoms with E-state index in [1.54, 1.807) is 6.07 Å². The molecule has 17 heavy (non-hydrogen) atoms. The molecule has 1 rings (SSSR count). The van der Waals surface area contributed by atoms with Gasteiger partial charge < -0.3 is 21.0 Å². The topological polar surface area (TPSA) is 79.9 Å². The summed E-state index contributed by atoms with van der Waals surface area (Å²) in [5.41, 5.74) is 7.08. The number of nitrogens with zero attached hydrogens (tertiary/aromatic N) is 1. The van der Waals surface area contributed by atoms with Crippen LogP contribution in [0.1, 0.15) is 11.1 Å². The van der Waals surface area contributed by atoms with Crippen molar-refractivity contribution in [2.24, 2.45) is 10.9 Å². The molecule has 0 spiro atoms. The average Bonchev–Trinajstić information content (AvgIpc) is 2.38. The summed E-state index contributed by atoms with van der Waals surface area (Å²) in [4.78, 5) is 0. The molecule has 0 fully saturated rings. The van der Waals surface area contributed by atoms with Gasteiger partial charge in [-0.2, -0.15) is 0 Å². The first-order valence-electron chi connectivity index (χ1n) is 5.02. The van der Waals surface area contributed by atoms with Crippen LogP contribution in [0.15, 0.2) is 23.4 Å². The van der Waals surface area contributed by atoms with Crippen molar-refractivity contribution in [1.82, 2.24) is 5.32 Å². The summed E-state index contributed by atoms with van der Waals surface area (Å²) < 4.78 is 5.18. The molecule has 4 N–H and O–H groups in total. The van der Waals surface area contributed by atoms with Crippen molar-refractivity contribution in [3.8, 4) is 18.1 Å². The van der Waals surface area contributed by atoms with Crippen LogP contribution in [0.25, 0.3) is 0 Å². The smallest absolute Gasteiger partial charge is 0.173 e. The Morgan fingerprint density at radius 1 is 1.65 bits per heavy atom. The van der Waals surface area contributed by atoms with Gasteiger partial charge in [-0.25, -0.2) is 0 Å². The lowest BCUT2D eigenvalue weighted by Gasteiger charge is -2.09. The highest BCUT2D eigenvalue weighted by molar-refractivity contribution is 5.99. The third kappa shape index (κ3) is 3.40. The van der Waals surface area contributed by atoms with Crippen LogP contribution in [0.4, 0.5) is 0 Å². The Kier molecular flexibility index (Phi) is 4.85. The van der Waals surface area contributed by atoms with Gasteiger partial charge in [0.25, 0.3) is 0 Å². The number of hydrogen-bond acceptors (Lipinski definition) is 4. The Balaban J connectivity index is 2.89. The summed E-state index contributed by atoms with van der Waals surface area (Å²) in [5.74, 6) is 3.07. The zero-order valence-corrected chi connectivity index (χ0v) is 9.60. The first-order valence-corrected chi connectivity index (χ1v) is 5.02. The monoisotopic (exact) mass is 233 g/mol. The first kappa shape index (κ1) is 12.9. The molecule has 0 aromatic heterocycles. The van der Waals surface area contributed by atoms with Gasteiger partial charge in [0.2, 0.25) is 0 Å². The Bertz CT molecular complexity index is 450. The van der Waals surface area contributed by atoms with Crippen LogP contribution >= 0.6 is 0 Å². The molecule has 1 aromatic carbocycles. The molecule has 0 aliphatic carbocycles. The van der Waals surface area contributed by atoms with Crippen molar-refractivity contribution >= 4 is 5.84 Å². The summed E-state index contributed by atoms with van der Waals surface area (Å²) in [6.45, 7) is 1.14. The van der Waals surface area contributed by atoms with E-state index in [1.165, 1.54) is 7.11 Å². The lowest BCUT2D eigenvalue weighted by atomic mass is 10.1. The van der Waals surface area contributed by atoms with Crippen LogP contribution in [0.2, 0.25) is 0 Å². The summed E-state index contributed by atoms with van der Waals surface area (Å²) in [6.07, 6.45) is 5.13. The highest BCUT2D eigenvalue weighted by atomic mass is 16.5. The van der Waals surface area contributed by atoms with Crippen molar-refractivity contribution in [3.05, 3.63) is 29.3 Å². The molecular formula is C12H15N3O2. The zero-order valence-electron chi connectivity index (χ0n) is 9.60. The number of methoxy groups -OCH3 is 1. The number of ether oxygens (including phenoxy) is 1. The molecule has 5 nitrogen and oxygen atoms in total. The molecule has 5 heteroatoms. The maximum absolute atomic E-state index is 8.62. The molecule has 0 unspecified atom stereocenters. The van der Waals surface area contributed by atoms with E-state index < -0.39 is 0 Å². The number of rotatable bonds is 5. The van der Waals surface area contributed by atoms with Gasteiger partial charge in [-0.15, -0.1) is 6.42 Å². The van der Waals surface area contributed by atoms with Gasteiger partial charge in [0.15, 0.2) is 5.84 Å². The van der Waals surface area contributed by atoms with Crippen LogP contribution < -0.4 is 15.8 Å². The third-order valence-electron chi connectivity index (χ3n) is 2.21. The number of nitrogens with one attached hydrogen (secondary N) is 1. The van der Waals surface area contributed by atoms with E-state index in [9.17, 15) is 0 Å².